The van der Waals surface area contributed by atoms with Gasteiger partial charge in [-0.1, -0.05) is 0 Å². The minimum atomic E-state index is -1.35. The summed E-state index contributed by atoms with van der Waals surface area (Å²) in [5.74, 6) is -1.63. The van der Waals surface area contributed by atoms with Gasteiger partial charge in [0, 0.05) is 19.7 Å². The number of carbonyl (C=O) groups is 2. The van der Waals surface area contributed by atoms with Gasteiger partial charge in [0.1, 0.15) is 11.2 Å². The molecule has 0 saturated carbocycles. The summed E-state index contributed by atoms with van der Waals surface area (Å²) in [6.07, 6.45) is 0. The molecule has 0 aliphatic heterocycles. The van der Waals surface area contributed by atoms with E-state index in [4.69, 9.17) is 5.11 Å². The van der Waals surface area contributed by atoms with Crippen molar-refractivity contribution in [2.75, 3.05) is 6.54 Å². The van der Waals surface area contributed by atoms with Crippen molar-refractivity contribution in [1.82, 2.24) is 14.7 Å². The van der Waals surface area contributed by atoms with Gasteiger partial charge in [-0.25, -0.2) is 9.48 Å². The Morgan fingerprint density at radius 3 is 2.42 bits per heavy atom. The number of likely N-dealkylation sites (N-methyl/N-ethyl adjacent to an activating group) is 1. The molecule has 19 heavy (non-hydrogen) atoms. The van der Waals surface area contributed by atoms with E-state index in [2.05, 4.69) is 5.10 Å². The molecule has 1 aromatic heterocycles. The number of hydrogen-bond acceptors (Lipinski definition) is 4. The van der Waals surface area contributed by atoms with Crippen LogP contribution in [0.25, 0.3) is 0 Å². The van der Waals surface area contributed by atoms with E-state index in [1.807, 2.05) is 0 Å². The molecule has 0 aromatic carbocycles. The van der Waals surface area contributed by atoms with Crippen LogP contribution in [-0.4, -0.2) is 43.7 Å². The van der Waals surface area contributed by atoms with Crippen LogP contribution in [-0.2, 0) is 11.8 Å². The van der Waals surface area contributed by atoms with E-state index in [1.165, 1.54) is 37.9 Å². The van der Waals surface area contributed by atoms with Crippen LogP contribution >= 0.6 is 0 Å². The lowest BCUT2D eigenvalue weighted by Crippen LogP contribution is -2.53. The van der Waals surface area contributed by atoms with Crippen molar-refractivity contribution in [2.45, 2.75) is 26.3 Å². The first kappa shape index (κ1) is 14.9. The predicted octanol–water partition coefficient (Wildman–Crippen LogP) is 0.106. The molecular formula is C12H17N3O4. The molecule has 1 N–H and O–H groups in total. The molecule has 0 bridgehead atoms. The molecular weight excluding hydrogens is 250 g/mol. The monoisotopic (exact) mass is 267 g/mol. The molecule has 104 valence electrons. The maximum atomic E-state index is 12.3. The second-order valence-electron chi connectivity index (χ2n) is 4.59. The number of rotatable bonds is 4. The fourth-order valence-electron chi connectivity index (χ4n) is 1.66. The molecule has 0 radical (unpaired) electrons. The molecule has 0 spiro atoms. The number of nitrogens with zero attached hydrogens (tertiary/aromatic N) is 3. The summed E-state index contributed by atoms with van der Waals surface area (Å²) < 4.78 is 1.04. The Morgan fingerprint density at radius 2 is 2.00 bits per heavy atom. The lowest BCUT2D eigenvalue weighted by molar-refractivity contribution is -0.147. The Labute approximate surface area is 110 Å². The van der Waals surface area contributed by atoms with Gasteiger partial charge in [0.05, 0.1) is 0 Å². The Kier molecular flexibility index (Phi) is 4.08. The van der Waals surface area contributed by atoms with Gasteiger partial charge in [0.15, 0.2) is 0 Å². The van der Waals surface area contributed by atoms with Gasteiger partial charge >= 0.3 is 5.97 Å². The minimum absolute atomic E-state index is 0.0401. The van der Waals surface area contributed by atoms with Crippen molar-refractivity contribution in [1.29, 1.82) is 0 Å². The second kappa shape index (κ2) is 5.21. The zero-order valence-electron chi connectivity index (χ0n) is 11.4. The predicted molar refractivity (Wildman–Crippen MR) is 67.9 cm³/mol. The topological polar surface area (TPSA) is 92.5 Å². The van der Waals surface area contributed by atoms with Crippen molar-refractivity contribution >= 4 is 11.9 Å². The zero-order chi connectivity index (χ0) is 14.8. The quantitative estimate of drug-likeness (QED) is 0.835. The number of aryl methyl sites for hydroxylation is 1. The molecule has 0 aliphatic carbocycles. The van der Waals surface area contributed by atoms with E-state index in [9.17, 15) is 14.4 Å². The molecule has 1 heterocycles. The van der Waals surface area contributed by atoms with Crippen LogP contribution in [0.2, 0.25) is 0 Å². The summed E-state index contributed by atoms with van der Waals surface area (Å²) in [5.41, 5.74) is -1.64. The first-order valence-corrected chi connectivity index (χ1v) is 5.81. The summed E-state index contributed by atoms with van der Waals surface area (Å²) in [4.78, 5) is 35.9. The smallest absolute Gasteiger partial charge is 0.329 e. The van der Waals surface area contributed by atoms with Crippen LogP contribution in [0.4, 0.5) is 0 Å². The number of hydrogen-bond donors (Lipinski definition) is 1. The van der Waals surface area contributed by atoms with Crippen LogP contribution in [0.15, 0.2) is 16.9 Å². The van der Waals surface area contributed by atoms with E-state index < -0.39 is 17.4 Å². The van der Waals surface area contributed by atoms with Gasteiger partial charge in [0.25, 0.3) is 11.5 Å². The zero-order valence-corrected chi connectivity index (χ0v) is 11.4. The average Bonchev–Trinajstić information content (AvgIpc) is 2.32. The lowest BCUT2D eigenvalue weighted by Gasteiger charge is -2.33. The molecule has 0 aliphatic rings. The van der Waals surface area contributed by atoms with Crippen LogP contribution in [0, 0.1) is 0 Å². The number of carbonyl (C=O) groups excluding carboxylic acids is 1. The van der Waals surface area contributed by atoms with E-state index in [0.29, 0.717) is 0 Å². The number of aliphatic carboxylic acids is 1. The highest BCUT2D eigenvalue weighted by Crippen LogP contribution is 2.17. The molecule has 0 unspecified atom stereocenters. The molecule has 7 nitrogen and oxygen atoms in total. The maximum Gasteiger partial charge on any atom is 0.329 e. The van der Waals surface area contributed by atoms with E-state index in [1.54, 1.807) is 6.92 Å². The van der Waals surface area contributed by atoms with Gasteiger partial charge in [-0.2, -0.15) is 5.10 Å². The highest BCUT2D eigenvalue weighted by molar-refractivity contribution is 5.96. The van der Waals surface area contributed by atoms with Crippen LogP contribution in [0.5, 0.6) is 0 Å². The fraction of sp³-hybridized carbons (Fsp3) is 0.500. The minimum Gasteiger partial charge on any atom is -0.480 e. The molecule has 1 rings (SSSR count). The third-order valence-corrected chi connectivity index (χ3v) is 2.94. The molecule has 0 saturated heterocycles. The normalized spacial score (nSPS) is 11.2. The Balaban J connectivity index is 3.19. The highest BCUT2D eigenvalue weighted by Gasteiger charge is 2.37. The van der Waals surface area contributed by atoms with Crippen molar-refractivity contribution < 1.29 is 14.7 Å². The molecule has 7 heteroatoms. The standard InChI is InChI=1S/C12H17N3O4/c1-5-15(12(2,3)11(18)19)10(17)8-6-7-9(16)14(4)13-8/h6-7H,5H2,1-4H3,(H,18,19). The van der Waals surface area contributed by atoms with Crippen LogP contribution < -0.4 is 5.56 Å². The Hall–Kier alpha value is -2.18. The van der Waals surface area contributed by atoms with Crippen molar-refractivity contribution in [3.05, 3.63) is 28.2 Å². The van der Waals surface area contributed by atoms with Crippen molar-refractivity contribution in [3.8, 4) is 0 Å². The van der Waals surface area contributed by atoms with Crippen molar-refractivity contribution in [3.63, 3.8) is 0 Å². The summed E-state index contributed by atoms with van der Waals surface area (Å²) >= 11 is 0. The first-order chi connectivity index (χ1) is 8.71. The lowest BCUT2D eigenvalue weighted by atomic mass is 10.0. The summed E-state index contributed by atoms with van der Waals surface area (Å²) in [5, 5.41) is 13.0. The molecule has 1 aromatic rings. The summed E-state index contributed by atoms with van der Waals surface area (Å²) in [6, 6.07) is 2.52. The van der Waals surface area contributed by atoms with E-state index >= 15 is 0 Å². The SMILES string of the molecule is CCN(C(=O)c1ccc(=O)n(C)n1)C(C)(C)C(=O)O. The van der Waals surface area contributed by atoms with Crippen LogP contribution in [0.3, 0.4) is 0 Å². The molecule has 0 atom stereocenters. The third kappa shape index (κ3) is 2.81. The number of amides is 1. The molecule has 0 fully saturated rings. The Morgan fingerprint density at radius 1 is 1.42 bits per heavy atom. The van der Waals surface area contributed by atoms with Crippen LogP contribution in [0.1, 0.15) is 31.3 Å². The van der Waals surface area contributed by atoms with Gasteiger partial charge in [-0.3, -0.25) is 9.59 Å². The molecule has 1 amide bonds. The fourth-order valence-corrected chi connectivity index (χ4v) is 1.66. The summed E-state index contributed by atoms with van der Waals surface area (Å²) in [7, 11) is 1.43. The van der Waals surface area contributed by atoms with Crippen molar-refractivity contribution in [2.24, 2.45) is 7.05 Å². The summed E-state index contributed by atoms with van der Waals surface area (Å²) in [6.45, 7) is 4.80. The third-order valence-electron chi connectivity index (χ3n) is 2.94. The average molecular weight is 267 g/mol. The number of aromatic nitrogens is 2. The second-order valence-corrected chi connectivity index (χ2v) is 4.59. The van der Waals surface area contributed by atoms with E-state index in [0.717, 1.165) is 4.68 Å². The van der Waals surface area contributed by atoms with Gasteiger partial charge in [-0.05, 0) is 26.8 Å². The Bertz CT molecular complexity index is 562. The van der Waals surface area contributed by atoms with Gasteiger partial charge in [0.2, 0.25) is 0 Å². The highest BCUT2D eigenvalue weighted by atomic mass is 16.4. The number of carboxylic acid groups (broad SMARTS) is 1. The maximum absolute atomic E-state index is 12.3. The van der Waals surface area contributed by atoms with E-state index in [-0.39, 0.29) is 17.8 Å². The largest absolute Gasteiger partial charge is 0.480 e. The number of carboxylic acids is 1. The first-order valence-electron chi connectivity index (χ1n) is 5.81. The van der Waals surface area contributed by atoms with Gasteiger partial charge < -0.3 is 10.0 Å². The van der Waals surface area contributed by atoms with Gasteiger partial charge in [-0.15, -0.1) is 0 Å².